The fourth-order valence-corrected chi connectivity index (χ4v) is 2.59. The molecule has 1 aromatic carbocycles. The van der Waals surface area contributed by atoms with Crippen LogP contribution in [0.3, 0.4) is 0 Å². The minimum atomic E-state index is -0.529. The molecule has 0 saturated carbocycles. The highest BCUT2D eigenvalue weighted by Crippen LogP contribution is 2.33. The van der Waals surface area contributed by atoms with Crippen molar-refractivity contribution in [3.05, 3.63) is 41.9 Å². The van der Waals surface area contributed by atoms with Gasteiger partial charge in [0.2, 0.25) is 5.89 Å². The molecule has 0 radical (unpaired) electrons. The van der Waals surface area contributed by atoms with Gasteiger partial charge in [-0.15, -0.1) is 0 Å². The van der Waals surface area contributed by atoms with Crippen molar-refractivity contribution in [2.75, 3.05) is 12.3 Å². The van der Waals surface area contributed by atoms with E-state index in [2.05, 4.69) is 10.1 Å². The predicted molar refractivity (Wildman–Crippen MR) is 89.2 cm³/mol. The molecule has 0 aliphatic rings. The molecule has 0 saturated heterocycles. The lowest BCUT2D eigenvalue weighted by Gasteiger charge is -2.09. The fourth-order valence-electron chi connectivity index (χ4n) is 2.59. The van der Waals surface area contributed by atoms with Crippen LogP contribution in [0.2, 0.25) is 0 Å². The second-order valence-electron chi connectivity index (χ2n) is 5.32. The van der Waals surface area contributed by atoms with Crippen LogP contribution >= 0.6 is 0 Å². The summed E-state index contributed by atoms with van der Waals surface area (Å²) < 4.78 is 11.9. The summed E-state index contributed by atoms with van der Waals surface area (Å²) in [5, 5.41) is 4.22. The highest BCUT2D eigenvalue weighted by molar-refractivity contribution is 5.97. The van der Waals surface area contributed by atoms with Crippen molar-refractivity contribution in [1.82, 2.24) is 14.8 Å². The third-order valence-corrected chi connectivity index (χ3v) is 3.72. The second kappa shape index (κ2) is 6.19. The molecular formula is C17H18N4O3. The molecule has 0 aliphatic heterocycles. The number of anilines is 1. The number of oxazole rings is 1. The van der Waals surface area contributed by atoms with Gasteiger partial charge in [-0.3, -0.25) is 4.68 Å². The second-order valence-corrected chi connectivity index (χ2v) is 5.32. The molecule has 3 rings (SSSR count). The van der Waals surface area contributed by atoms with Crippen LogP contribution < -0.4 is 5.73 Å². The topological polar surface area (TPSA) is 96.2 Å². The van der Waals surface area contributed by atoms with Gasteiger partial charge in [-0.1, -0.05) is 6.07 Å². The van der Waals surface area contributed by atoms with E-state index >= 15 is 0 Å². The van der Waals surface area contributed by atoms with E-state index in [0.717, 1.165) is 16.7 Å². The van der Waals surface area contributed by atoms with Gasteiger partial charge in [-0.25, -0.2) is 9.78 Å². The zero-order valence-electron chi connectivity index (χ0n) is 13.7. The van der Waals surface area contributed by atoms with Crippen LogP contribution in [0, 0.1) is 6.92 Å². The number of hydrogen-bond donors (Lipinski definition) is 1. The van der Waals surface area contributed by atoms with Crippen LogP contribution in [0.5, 0.6) is 0 Å². The van der Waals surface area contributed by atoms with Crippen molar-refractivity contribution >= 4 is 11.7 Å². The molecule has 7 heteroatoms. The van der Waals surface area contributed by atoms with Gasteiger partial charge < -0.3 is 14.9 Å². The molecular weight excluding hydrogens is 308 g/mol. The average Bonchev–Trinajstić information content (AvgIpc) is 3.17. The number of rotatable bonds is 4. The summed E-state index contributed by atoms with van der Waals surface area (Å²) in [5.74, 6) is -0.0130. The Labute approximate surface area is 139 Å². The Morgan fingerprint density at radius 1 is 1.42 bits per heavy atom. The summed E-state index contributed by atoms with van der Waals surface area (Å²) in [6.07, 6.45) is 3.11. The first kappa shape index (κ1) is 15.8. The van der Waals surface area contributed by atoms with Crippen LogP contribution in [-0.2, 0) is 11.8 Å². The molecule has 0 aliphatic carbocycles. The number of esters is 1. The number of benzene rings is 1. The van der Waals surface area contributed by atoms with E-state index in [1.165, 1.54) is 6.26 Å². The summed E-state index contributed by atoms with van der Waals surface area (Å²) in [6.45, 7) is 3.97. The maximum absolute atomic E-state index is 12.0. The van der Waals surface area contributed by atoms with Crippen molar-refractivity contribution in [2.24, 2.45) is 7.05 Å². The SMILES string of the molecule is CCOC(=O)c1nn(C)c(-c2cc(-c3ncco3)ccc2C)c1N. The Morgan fingerprint density at radius 2 is 2.21 bits per heavy atom. The minimum absolute atomic E-state index is 0.121. The van der Waals surface area contributed by atoms with Crippen LogP contribution in [0.25, 0.3) is 22.7 Å². The van der Waals surface area contributed by atoms with E-state index < -0.39 is 5.97 Å². The van der Waals surface area contributed by atoms with Crippen molar-refractivity contribution in [2.45, 2.75) is 13.8 Å². The number of aryl methyl sites for hydroxylation is 2. The normalized spacial score (nSPS) is 10.8. The van der Waals surface area contributed by atoms with Gasteiger partial charge in [-0.2, -0.15) is 5.10 Å². The molecule has 2 aromatic heterocycles. The van der Waals surface area contributed by atoms with Crippen LogP contribution in [-0.4, -0.2) is 27.3 Å². The zero-order chi connectivity index (χ0) is 17.3. The molecule has 0 amide bonds. The molecule has 2 N–H and O–H groups in total. The number of hydrogen-bond acceptors (Lipinski definition) is 6. The molecule has 24 heavy (non-hydrogen) atoms. The summed E-state index contributed by atoms with van der Waals surface area (Å²) in [5.41, 5.74) is 9.92. The first-order valence-electron chi connectivity index (χ1n) is 7.53. The summed E-state index contributed by atoms with van der Waals surface area (Å²) in [7, 11) is 1.74. The maximum Gasteiger partial charge on any atom is 0.361 e. The number of nitrogen functional groups attached to an aromatic ring is 1. The van der Waals surface area contributed by atoms with E-state index in [-0.39, 0.29) is 12.3 Å². The first-order valence-corrected chi connectivity index (χ1v) is 7.53. The van der Waals surface area contributed by atoms with Gasteiger partial charge in [0.05, 0.1) is 24.2 Å². The molecule has 3 aromatic rings. The Morgan fingerprint density at radius 3 is 2.88 bits per heavy atom. The molecule has 7 nitrogen and oxygen atoms in total. The number of nitrogens with two attached hydrogens (primary N) is 1. The minimum Gasteiger partial charge on any atom is -0.461 e. The largest absolute Gasteiger partial charge is 0.461 e. The lowest BCUT2D eigenvalue weighted by Crippen LogP contribution is -2.08. The first-order chi connectivity index (χ1) is 11.5. The highest BCUT2D eigenvalue weighted by atomic mass is 16.5. The lowest BCUT2D eigenvalue weighted by molar-refractivity contribution is 0.0520. The standard InChI is InChI=1S/C17H18N4O3/c1-4-23-17(22)14-13(18)15(21(3)20-14)12-9-11(6-5-10(12)2)16-19-7-8-24-16/h5-9H,4,18H2,1-3H3. The van der Waals surface area contributed by atoms with Gasteiger partial charge in [0, 0.05) is 18.2 Å². The van der Waals surface area contributed by atoms with Gasteiger partial charge in [0.25, 0.3) is 0 Å². The molecule has 0 fully saturated rings. The van der Waals surface area contributed by atoms with E-state index in [4.69, 9.17) is 14.9 Å². The van der Waals surface area contributed by atoms with E-state index in [0.29, 0.717) is 17.3 Å². The van der Waals surface area contributed by atoms with Crippen molar-refractivity contribution in [3.63, 3.8) is 0 Å². The summed E-state index contributed by atoms with van der Waals surface area (Å²) in [4.78, 5) is 16.2. The average molecular weight is 326 g/mol. The molecule has 0 bridgehead atoms. The number of ether oxygens (including phenoxy) is 1. The Balaban J connectivity index is 2.12. The van der Waals surface area contributed by atoms with E-state index in [1.54, 1.807) is 24.9 Å². The molecule has 2 heterocycles. The van der Waals surface area contributed by atoms with E-state index in [1.807, 2.05) is 25.1 Å². The number of carbonyl (C=O) groups excluding carboxylic acids is 1. The molecule has 124 valence electrons. The Hall–Kier alpha value is -3.09. The van der Waals surface area contributed by atoms with Crippen LogP contribution in [0.15, 0.2) is 35.1 Å². The Bertz CT molecular complexity index is 882. The lowest BCUT2D eigenvalue weighted by atomic mass is 10.0. The van der Waals surface area contributed by atoms with E-state index in [9.17, 15) is 4.79 Å². The predicted octanol–water partition coefficient (Wildman–Crippen LogP) is 2.81. The zero-order valence-corrected chi connectivity index (χ0v) is 13.7. The van der Waals surface area contributed by atoms with Crippen molar-refractivity contribution in [3.8, 4) is 22.7 Å². The molecule has 0 atom stereocenters. The fraction of sp³-hybridized carbons (Fsp3) is 0.235. The van der Waals surface area contributed by atoms with Crippen LogP contribution in [0.1, 0.15) is 23.0 Å². The third-order valence-electron chi connectivity index (χ3n) is 3.72. The van der Waals surface area contributed by atoms with Crippen molar-refractivity contribution < 1.29 is 13.9 Å². The summed E-state index contributed by atoms with van der Waals surface area (Å²) in [6, 6.07) is 5.79. The van der Waals surface area contributed by atoms with Gasteiger partial charge in [0.15, 0.2) is 5.69 Å². The smallest absolute Gasteiger partial charge is 0.361 e. The molecule has 0 spiro atoms. The highest BCUT2D eigenvalue weighted by Gasteiger charge is 2.23. The number of aromatic nitrogens is 3. The number of nitrogens with zero attached hydrogens (tertiary/aromatic N) is 3. The quantitative estimate of drug-likeness (QED) is 0.741. The Kier molecular flexibility index (Phi) is 4.07. The summed E-state index contributed by atoms with van der Waals surface area (Å²) >= 11 is 0. The maximum atomic E-state index is 12.0. The monoisotopic (exact) mass is 326 g/mol. The van der Waals surface area contributed by atoms with Crippen molar-refractivity contribution in [1.29, 1.82) is 0 Å². The van der Waals surface area contributed by atoms with Gasteiger partial charge >= 0.3 is 5.97 Å². The number of carbonyl (C=O) groups is 1. The van der Waals surface area contributed by atoms with Gasteiger partial charge in [-0.05, 0) is 31.5 Å². The molecule has 0 unspecified atom stereocenters. The van der Waals surface area contributed by atoms with Crippen LogP contribution in [0.4, 0.5) is 5.69 Å². The third kappa shape index (κ3) is 2.64. The van der Waals surface area contributed by atoms with Gasteiger partial charge in [0.1, 0.15) is 6.26 Å².